The number of fused-ring (bicyclic) bond motifs is 1. The Kier molecular flexibility index (Phi) is 8.38. The molecule has 1 aromatic carbocycles. The highest BCUT2D eigenvalue weighted by Gasteiger charge is 2.40. The normalized spacial score (nSPS) is 17.0. The first-order valence-corrected chi connectivity index (χ1v) is 14.3. The number of carbonyl (C=O) groups is 1. The maximum Gasteiger partial charge on any atom is 0.342 e. The van der Waals surface area contributed by atoms with E-state index in [0.29, 0.717) is 28.5 Å². The minimum absolute atomic E-state index is 0.121. The van der Waals surface area contributed by atoms with E-state index in [1.165, 1.54) is 6.33 Å². The second kappa shape index (κ2) is 11.3. The van der Waals surface area contributed by atoms with Gasteiger partial charge in [-0.05, 0) is 70.7 Å². The predicted octanol–water partition coefficient (Wildman–Crippen LogP) is 4.55. The van der Waals surface area contributed by atoms with E-state index in [-0.39, 0.29) is 18.3 Å². The molecule has 1 aliphatic rings. The lowest BCUT2D eigenvalue weighted by Gasteiger charge is -2.31. The number of ether oxygens (including phenoxy) is 2. The van der Waals surface area contributed by atoms with Crippen molar-refractivity contribution in [3.8, 4) is 5.75 Å². The number of imidazole rings is 1. The largest absolute Gasteiger partial charge is 0.461 e. The lowest BCUT2D eigenvalue weighted by atomic mass is 10.1. The second-order valence-corrected chi connectivity index (χ2v) is 12.1. The Morgan fingerprint density at radius 2 is 1.95 bits per heavy atom. The summed E-state index contributed by atoms with van der Waals surface area (Å²) >= 11 is 5.98. The fraction of sp³-hybridized carbons (Fsp3) is 0.500. The van der Waals surface area contributed by atoms with Crippen LogP contribution >= 0.6 is 19.1 Å². The van der Waals surface area contributed by atoms with Crippen molar-refractivity contribution >= 4 is 42.1 Å². The zero-order chi connectivity index (χ0) is 26.6. The first-order valence-electron chi connectivity index (χ1n) is 12.1. The molecule has 0 saturated heterocycles. The molecular weight excluding hydrogens is 519 g/mol. The fourth-order valence-corrected chi connectivity index (χ4v) is 6.26. The van der Waals surface area contributed by atoms with Crippen molar-refractivity contribution in [3.63, 3.8) is 0 Å². The highest BCUT2D eigenvalue weighted by atomic mass is 35.5. The third kappa shape index (κ3) is 6.98. The molecule has 0 aliphatic heterocycles. The molecule has 1 fully saturated rings. The summed E-state index contributed by atoms with van der Waals surface area (Å²) in [6.07, 6.45) is 5.85. The van der Waals surface area contributed by atoms with E-state index >= 15 is 0 Å². The van der Waals surface area contributed by atoms with E-state index in [4.69, 9.17) is 31.3 Å². The number of esters is 1. The monoisotopic (exact) mass is 550 g/mol. The Balaban J connectivity index is 1.47. The summed E-state index contributed by atoms with van der Waals surface area (Å²) in [5.74, 6) is 0.118. The van der Waals surface area contributed by atoms with Crippen molar-refractivity contribution < 1.29 is 23.4 Å². The van der Waals surface area contributed by atoms with Gasteiger partial charge in [0, 0.05) is 5.02 Å². The average Bonchev–Trinajstić information content (AvgIpc) is 3.50. The number of hydrogen-bond acceptors (Lipinski definition) is 9. The van der Waals surface area contributed by atoms with Crippen molar-refractivity contribution in [2.75, 3.05) is 12.1 Å². The summed E-state index contributed by atoms with van der Waals surface area (Å²) in [6.45, 7) is 5.42. The molecule has 0 bridgehead atoms. The van der Waals surface area contributed by atoms with Gasteiger partial charge in [0.2, 0.25) is 0 Å². The van der Waals surface area contributed by atoms with Gasteiger partial charge in [-0.2, -0.15) is 0 Å². The van der Waals surface area contributed by atoms with Crippen LogP contribution in [-0.2, 0) is 25.4 Å². The van der Waals surface area contributed by atoms with E-state index in [1.807, 2.05) is 6.92 Å². The third-order valence-electron chi connectivity index (χ3n) is 6.01. The van der Waals surface area contributed by atoms with Gasteiger partial charge >= 0.3 is 13.5 Å². The standard InChI is InChI=1S/C24H32ClN6O5P/c1-16(12-31-14-29-20-21(26)27-13-28-22(20)31)34-15-37(33,36-19-10-8-17(25)9-11-19)30-24(2,3)23(32)35-18-6-4-5-7-18/h8-11,13-14,16,18H,4-7,12,15H2,1-3H3,(H,30,33)(H2,26,27,28). The topological polar surface area (TPSA) is 143 Å². The molecule has 2 heterocycles. The molecule has 0 spiro atoms. The molecule has 0 radical (unpaired) electrons. The molecular formula is C24H32ClN6O5P. The van der Waals surface area contributed by atoms with E-state index in [1.54, 1.807) is 49.0 Å². The van der Waals surface area contributed by atoms with Crippen LogP contribution in [0.1, 0.15) is 46.5 Å². The van der Waals surface area contributed by atoms with Crippen LogP contribution in [0.5, 0.6) is 5.75 Å². The highest BCUT2D eigenvalue weighted by molar-refractivity contribution is 7.57. The molecule has 2 aromatic heterocycles. The van der Waals surface area contributed by atoms with Gasteiger partial charge in [-0.1, -0.05) is 11.6 Å². The lowest BCUT2D eigenvalue weighted by Crippen LogP contribution is -2.48. The van der Waals surface area contributed by atoms with E-state index < -0.39 is 25.1 Å². The van der Waals surface area contributed by atoms with Gasteiger partial charge in [-0.3, -0.25) is 9.36 Å². The van der Waals surface area contributed by atoms with Crippen LogP contribution in [0.4, 0.5) is 5.82 Å². The molecule has 4 rings (SSSR count). The minimum Gasteiger partial charge on any atom is -0.461 e. The zero-order valence-electron chi connectivity index (χ0n) is 21.1. The van der Waals surface area contributed by atoms with Crippen LogP contribution in [0.3, 0.4) is 0 Å². The Labute approximate surface area is 220 Å². The number of nitrogens with one attached hydrogen (secondary N) is 1. The maximum atomic E-state index is 14.0. The van der Waals surface area contributed by atoms with Gasteiger partial charge in [-0.15, -0.1) is 0 Å². The number of nitrogens with two attached hydrogens (primary N) is 1. The van der Waals surface area contributed by atoms with Crippen molar-refractivity contribution in [1.29, 1.82) is 0 Å². The Morgan fingerprint density at radius 3 is 2.65 bits per heavy atom. The lowest BCUT2D eigenvalue weighted by molar-refractivity contribution is -0.154. The maximum absolute atomic E-state index is 14.0. The molecule has 0 amide bonds. The zero-order valence-corrected chi connectivity index (χ0v) is 22.7. The third-order valence-corrected chi connectivity index (χ3v) is 8.16. The number of nitrogens with zero attached hydrogens (tertiary/aromatic N) is 4. The van der Waals surface area contributed by atoms with Gasteiger partial charge in [0.25, 0.3) is 0 Å². The van der Waals surface area contributed by atoms with Gasteiger partial charge in [0.15, 0.2) is 11.5 Å². The number of anilines is 1. The molecule has 2 unspecified atom stereocenters. The average molecular weight is 551 g/mol. The van der Waals surface area contributed by atoms with Gasteiger partial charge in [-0.25, -0.2) is 20.0 Å². The van der Waals surface area contributed by atoms with E-state index in [2.05, 4.69) is 20.0 Å². The number of aromatic nitrogens is 4. The molecule has 1 aliphatic carbocycles. The number of carbonyl (C=O) groups excluding carboxylic acids is 1. The predicted molar refractivity (Wildman–Crippen MR) is 140 cm³/mol. The van der Waals surface area contributed by atoms with Crippen LogP contribution in [0.2, 0.25) is 5.02 Å². The Bertz CT molecular complexity index is 1280. The summed E-state index contributed by atoms with van der Waals surface area (Å²) < 4.78 is 33.3. The molecule has 3 N–H and O–H groups in total. The SMILES string of the molecule is CC(Cn1cnc2c(N)ncnc21)OCP(=O)(NC(C)(C)C(=O)OC1CCCC1)Oc1ccc(Cl)cc1. The quantitative estimate of drug-likeness (QED) is 0.258. The summed E-state index contributed by atoms with van der Waals surface area (Å²) in [5.41, 5.74) is 5.64. The van der Waals surface area contributed by atoms with Gasteiger partial charge in [0.05, 0.1) is 19.0 Å². The second-order valence-electron chi connectivity index (χ2n) is 9.70. The summed E-state index contributed by atoms with van der Waals surface area (Å²) in [5, 5.41) is 3.41. The summed E-state index contributed by atoms with van der Waals surface area (Å²) in [6, 6.07) is 6.46. The molecule has 13 heteroatoms. The number of hydrogen-bond donors (Lipinski definition) is 2. The van der Waals surface area contributed by atoms with Crippen LogP contribution in [0, 0.1) is 0 Å². The molecule has 37 heavy (non-hydrogen) atoms. The number of halogens is 1. The van der Waals surface area contributed by atoms with Crippen molar-refractivity contribution in [3.05, 3.63) is 41.9 Å². The molecule has 1 saturated carbocycles. The van der Waals surface area contributed by atoms with Crippen molar-refractivity contribution in [1.82, 2.24) is 24.6 Å². The smallest absolute Gasteiger partial charge is 0.342 e. The van der Waals surface area contributed by atoms with Gasteiger partial charge in [0.1, 0.15) is 35.6 Å². The van der Waals surface area contributed by atoms with Crippen LogP contribution in [-0.4, -0.2) is 49.6 Å². The first kappa shape index (κ1) is 27.3. The molecule has 11 nitrogen and oxygen atoms in total. The first-order chi connectivity index (χ1) is 17.5. The summed E-state index contributed by atoms with van der Waals surface area (Å²) in [4.78, 5) is 25.4. The Hall–Kier alpha value is -2.72. The van der Waals surface area contributed by atoms with E-state index in [9.17, 15) is 9.36 Å². The van der Waals surface area contributed by atoms with Crippen LogP contribution < -0.4 is 15.3 Å². The number of rotatable bonds is 11. The number of nitrogen functional groups attached to an aromatic ring is 1. The van der Waals surface area contributed by atoms with Crippen molar-refractivity contribution in [2.45, 2.75) is 70.7 Å². The minimum atomic E-state index is -3.76. The van der Waals surface area contributed by atoms with Crippen molar-refractivity contribution in [2.24, 2.45) is 0 Å². The Morgan fingerprint density at radius 1 is 1.24 bits per heavy atom. The van der Waals surface area contributed by atoms with Crippen LogP contribution in [0.25, 0.3) is 11.2 Å². The molecule has 200 valence electrons. The fourth-order valence-electron chi connectivity index (χ4n) is 4.11. The van der Waals surface area contributed by atoms with Gasteiger partial charge < -0.3 is 24.3 Å². The highest BCUT2D eigenvalue weighted by Crippen LogP contribution is 2.46. The summed E-state index contributed by atoms with van der Waals surface area (Å²) in [7, 11) is -3.76. The number of benzene rings is 1. The molecule has 3 aromatic rings. The van der Waals surface area contributed by atoms with Crippen LogP contribution in [0.15, 0.2) is 36.9 Å². The molecule has 2 atom stereocenters. The van der Waals surface area contributed by atoms with E-state index in [0.717, 1.165) is 25.7 Å².